The Kier molecular flexibility index (Phi) is 10.8. The average molecular weight is 675 g/mol. The van der Waals surface area contributed by atoms with E-state index in [-0.39, 0.29) is 30.9 Å². The third kappa shape index (κ3) is 7.52. The van der Waals surface area contributed by atoms with Gasteiger partial charge in [-0.1, -0.05) is 37.3 Å². The molecule has 1 saturated heterocycles. The number of anilines is 1. The standard InChI is InChI=1S/C39H42N6O5/c1-4-34-32(36(43-30-14-16-50-17-15-30)33-23-42-45(5-2)37(33)44-34)22-41-39(48)29-11-7-10-28(20-29)38(47)40-21-25-12-13-35(49-3)31(19-25)27-9-6-8-26(18-27)24-46/h6-13,18-20,23-24,30H,4-5,14-17,21-22H2,1-3H3,(H,40,47)(H,41,48)(H,43,44). The topological polar surface area (TPSA) is 136 Å². The summed E-state index contributed by atoms with van der Waals surface area (Å²) in [5.41, 5.74) is 7.42. The van der Waals surface area contributed by atoms with Gasteiger partial charge in [-0.25, -0.2) is 9.67 Å². The summed E-state index contributed by atoms with van der Waals surface area (Å²) in [7, 11) is 1.59. The van der Waals surface area contributed by atoms with Gasteiger partial charge in [0, 0.05) is 72.4 Å². The number of aldehydes is 1. The molecule has 3 heterocycles. The van der Waals surface area contributed by atoms with E-state index in [1.807, 2.05) is 48.1 Å². The van der Waals surface area contributed by atoms with Gasteiger partial charge in [0.1, 0.15) is 12.0 Å². The number of carbonyl (C=O) groups excluding carboxylic acids is 3. The lowest BCUT2D eigenvalue weighted by Crippen LogP contribution is -2.30. The Morgan fingerprint density at radius 2 is 1.70 bits per heavy atom. The van der Waals surface area contributed by atoms with Gasteiger partial charge in [-0.15, -0.1) is 0 Å². The zero-order valence-electron chi connectivity index (χ0n) is 28.6. The molecule has 1 aliphatic heterocycles. The van der Waals surface area contributed by atoms with Crippen LogP contribution in [0.4, 0.5) is 5.69 Å². The van der Waals surface area contributed by atoms with Crippen LogP contribution in [0.2, 0.25) is 0 Å². The van der Waals surface area contributed by atoms with Gasteiger partial charge in [0.2, 0.25) is 0 Å². The number of carbonyl (C=O) groups is 3. The fraction of sp³-hybridized carbons (Fsp3) is 0.308. The molecule has 0 unspecified atom stereocenters. The summed E-state index contributed by atoms with van der Waals surface area (Å²) in [6.07, 6.45) is 5.12. The lowest BCUT2D eigenvalue weighted by molar-refractivity contribution is 0.0904. The number of benzene rings is 3. The second-order valence-corrected chi connectivity index (χ2v) is 12.2. The van der Waals surface area contributed by atoms with Gasteiger partial charge >= 0.3 is 0 Å². The van der Waals surface area contributed by atoms with Crippen molar-refractivity contribution in [2.45, 2.75) is 58.8 Å². The number of aromatic nitrogens is 3. The third-order valence-corrected chi connectivity index (χ3v) is 9.04. The maximum Gasteiger partial charge on any atom is 0.251 e. The van der Waals surface area contributed by atoms with Crippen LogP contribution in [0.3, 0.4) is 0 Å². The Hall–Kier alpha value is -5.55. The molecule has 6 rings (SSSR count). The zero-order chi connectivity index (χ0) is 35.0. The van der Waals surface area contributed by atoms with Crippen molar-refractivity contribution in [3.8, 4) is 16.9 Å². The predicted molar refractivity (Wildman–Crippen MR) is 193 cm³/mol. The second-order valence-electron chi connectivity index (χ2n) is 12.2. The molecular weight excluding hydrogens is 632 g/mol. The summed E-state index contributed by atoms with van der Waals surface area (Å²) in [6, 6.07) is 19.9. The molecule has 0 bridgehead atoms. The van der Waals surface area contributed by atoms with Crippen molar-refractivity contribution in [2.24, 2.45) is 0 Å². The van der Waals surface area contributed by atoms with Crippen LogP contribution in [0.15, 0.2) is 72.9 Å². The van der Waals surface area contributed by atoms with Crippen molar-refractivity contribution in [3.05, 3.63) is 106 Å². The van der Waals surface area contributed by atoms with E-state index in [0.29, 0.717) is 48.6 Å². The van der Waals surface area contributed by atoms with Gasteiger partial charge in [0.05, 0.1) is 24.4 Å². The van der Waals surface area contributed by atoms with E-state index in [2.05, 4.69) is 28.0 Å². The normalized spacial score (nSPS) is 13.2. The number of ether oxygens (including phenoxy) is 2. The van der Waals surface area contributed by atoms with Crippen LogP contribution in [-0.2, 0) is 30.8 Å². The SMILES string of the molecule is CCc1nc2c(cnn2CC)c(NC2CCOCC2)c1CNC(=O)c1cccc(C(=O)NCc2ccc(OC)c(-c3cccc(C=O)c3)c2)c1. The third-order valence-electron chi connectivity index (χ3n) is 9.04. The van der Waals surface area contributed by atoms with E-state index in [0.717, 1.165) is 63.8 Å². The number of hydrogen-bond donors (Lipinski definition) is 3. The van der Waals surface area contributed by atoms with Crippen LogP contribution < -0.4 is 20.7 Å². The van der Waals surface area contributed by atoms with E-state index in [1.54, 1.807) is 43.5 Å². The van der Waals surface area contributed by atoms with E-state index in [9.17, 15) is 14.4 Å². The van der Waals surface area contributed by atoms with Crippen molar-refractivity contribution in [1.29, 1.82) is 0 Å². The van der Waals surface area contributed by atoms with Crippen molar-refractivity contribution < 1.29 is 23.9 Å². The van der Waals surface area contributed by atoms with E-state index in [1.165, 1.54) is 0 Å². The summed E-state index contributed by atoms with van der Waals surface area (Å²) < 4.78 is 13.0. The van der Waals surface area contributed by atoms with Gasteiger partial charge in [-0.3, -0.25) is 14.4 Å². The zero-order valence-corrected chi connectivity index (χ0v) is 28.6. The molecule has 2 amide bonds. The van der Waals surface area contributed by atoms with Crippen molar-refractivity contribution in [3.63, 3.8) is 0 Å². The molecule has 2 aromatic heterocycles. The van der Waals surface area contributed by atoms with Crippen LogP contribution in [0, 0.1) is 0 Å². The Balaban J connectivity index is 1.17. The van der Waals surface area contributed by atoms with Crippen molar-refractivity contribution >= 4 is 34.8 Å². The fourth-order valence-electron chi connectivity index (χ4n) is 6.33. The van der Waals surface area contributed by atoms with Gasteiger partial charge in [-0.2, -0.15) is 5.10 Å². The van der Waals surface area contributed by atoms with Crippen LogP contribution >= 0.6 is 0 Å². The molecule has 50 heavy (non-hydrogen) atoms. The van der Waals surface area contributed by atoms with Crippen LogP contribution in [0.1, 0.15) is 74.6 Å². The van der Waals surface area contributed by atoms with E-state index in [4.69, 9.17) is 14.5 Å². The predicted octanol–water partition coefficient (Wildman–Crippen LogP) is 5.95. The molecule has 258 valence electrons. The largest absolute Gasteiger partial charge is 0.496 e. The number of hydrogen-bond acceptors (Lipinski definition) is 8. The number of nitrogens with one attached hydrogen (secondary N) is 3. The highest BCUT2D eigenvalue weighted by Crippen LogP contribution is 2.33. The fourth-order valence-corrected chi connectivity index (χ4v) is 6.33. The number of amides is 2. The van der Waals surface area contributed by atoms with E-state index < -0.39 is 0 Å². The summed E-state index contributed by atoms with van der Waals surface area (Å²) >= 11 is 0. The first-order valence-electron chi connectivity index (χ1n) is 17.0. The van der Waals surface area contributed by atoms with Crippen LogP contribution in [-0.4, -0.2) is 59.2 Å². The monoisotopic (exact) mass is 674 g/mol. The van der Waals surface area contributed by atoms with Gasteiger partial charge in [0.25, 0.3) is 11.8 Å². The first-order valence-corrected chi connectivity index (χ1v) is 17.0. The summed E-state index contributed by atoms with van der Waals surface area (Å²) in [5, 5.41) is 15.3. The highest BCUT2D eigenvalue weighted by molar-refractivity contribution is 6.00. The highest BCUT2D eigenvalue weighted by atomic mass is 16.5. The number of pyridine rings is 1. The highest BCUT2D eigenvalue weighted by Gasteiger charge is 2.22. The maximum absolute atomic E-state index is 13.5. The molecule has 3 aromatic carbocycles. The molecule has 0 aliphatic carbocycles. The smallest absolute Gasteiger partial charge is 0.251 e. The minimum Gasteiger partial charge on any atom is -0.496 e. The molecule has 0 radical (unpaired) electrons. The Bertz CT molecular complexity index is 2020. The van der Waals surface area contributed by atoms with E-state index >= 15 is 0 Å². The molecule has 1 aliphatic rings. The Labute approximate surface area is 291 Å². The van der Waals surface area contributed by atoms with Gasteiger partial charge < -0.3 is 25.4 Å². The first-order chi connectivity index (χ1) is 24.4. The van der Waals surface area contributed by atoms with Crippen LogP contribution in [0.5, 0.6) is 5.75 Å². The first kappa shape index (κ1) is 34.3. The number of methoxy groups -OCH3 is 1. The molecule has 0 spiro atoms. The molecular formula is C39H42N6O5. The van der Waals surface area contributed by atoms with Crippen molar-refractivity contribution in [2.75, 3.05) is 25.6 Å². The lowest BCUT2D eigenvalue weighted by Gasteiger charge is -2.26. The average Bonchev–Trinajstić information content (AvgIpc) is 3.59. The van der Waals surface area contributed by atoms with Crippen LogP contribution in [0.25, 0.3) is 22.2 Å². The number of fused-ring (bicyclic) bond motifs is 1. The molecule has 0 atom stereocenters. The quantitative estimate of drug-likeness (QED) is 0.130. The number of rotatable bonds is 13. The maximum atomic E-state index is 13.5. The van der Waals surface area contributed by atoms with Crippen molar-refractivity contribution in [1.82, 2.24) is 25.4 Å². The Morgan fingerprint density at radius 1 is 0.960 bits per heavy atom. The molecule has 11 nitrogen and oxygen atoms in total. The van der Waals surface area contributed by atoms with Gasteiger partial charge in [-0.05, 0) is 73.7 Å². The summed E-state index contributed by atoms with van der Waals surface area (Å²) in [5.74, 6) is 0.0605. The molecule has 3 N–H and O–H groups in total. The minimum absolute atomic E-state index is 0.242. The molecule has 5 aromatic rings. The molecule has 0 saturated carbocycles. The molecule has 11 heteroatoms. The number of aryl methyl sites for hydroxylation is 2. The molecule has 1 fully saturated rings. The summed E-state index contributed by atoms with van der Waals surface area (Å²) in [4.78, 5) is 43.1. The number of nitrogens with zero attached hydrogens (tertiary/aromatic N) is 3. The Morgan fingerprint density at radius 3 is 2.40 bits per heavy atom. The minimum atomic E-state index is -0.307. The second kappa shape index (κ2) is 15.8. The van der Waals surface area contributed by atoms with Gasteiger partial charge in [0.15, 0.2) is 5.65 Å². The summed E-state index contributed by atoms with van der Waals surface area (Å²) in [6.45, 7) is 6.73. The lowest BCUT2D eigenvalue weighted by atomic mass is 10.00.